The van der Waals surface area contributed by atoms with Gasteiger partial charge in [-0.1, -0.05) is 48.5 Å². The Bertz CT molecular complexity index is 1780. The molecule has 1 fully saturated rings. The smallest absolute Gasteiger partial charge is 0.339 e. The number of hydrogen-bond donors (Lipinski definition) is 3. The lowest BCUT2D eigenvalue weighted by molar-refractivity contribution is -0.136. The van der Waals surface area contributed by atoms with E-state index >= 15 is 0 Å². The molecule has 12 heteroatoms. The Balaban J connectivity index is 0.00000308. The number of rotatable bonds is 4. The number of nitrogens with zero attached hydrogens (tertiary/aromatic N) is 2. The Kier molecular flexibility index (Phi) is 6.44. The van der Waals surface area contributed by atoms with Crippen molar-refractivity contribution in [3.63, 3.8) is 0 Å². The second-order valence-corrected chi connectivity index (χ2v) is 9.22. The Morgan fingerprint density at radius 2 is 1.69 bits per heavy atom. The summed E-state index contributed by atoms with van der Waals surface area (Å²) in [6.07, 6.45) is -3.78. The summed E-state index contributed by atoms with van der Waals surface area (Å²) < 4.78 is 56.8. The van der Waals surface area contributed by atoms with Crippen LogP contribution in [0, 0.1) is 5.82 Å². The van der Waals surface area contributed by atoms with Crippen LogP contribution in [0.4, 0.5) is 17.6 Å². The molecule has 39 heavy (non-hydrogen) atoms. The van der Waals surface area contributed by atoms with Gasteiger partial charge < -0.3 is 15.6 Å². The second kappa shape index (κ2) is 9.51. The minimum Gasteiger partial charge on any atom is -0.339 e. The Labute approximate surface area is 224 Å². The molecule has 1 aliphatic heterocycles. The molecular formula is C27H20ClF4N5O2. The van der Waals surface area contributed by atoms with Crippen molar-refractivity contribution >= 4 is 34.6 Å². The lowest BCUT2D eigenvalue weighted by Gasteiger charge is -2.43. The second-order valence-electron chi connectivity index (χ2n) is 9.22. The van der Waals surface area contributed by atoms with Gasteiger partial charge in [0.15, 0.2) is 5.69 Å². The van der Waals surface area contributed by atoms with Crippen LogP contribution in [0.2, 0.25) is 0 Å². The van der Waals surface area contributed by atoms with Crippen molar-refractivity contribution in [3.8, 4) is 11.3 Å². The highest BCUT2D eigenvalue weighted by atomic mass is 35.5. The molecule has 200 valence electrons. The van der Waals surface area contributed by atoms with Crippen LogP contribution in [-0.2, 0) is 11.7 Å². The summed E-state index contributed by atoms with van der Waals surface area (Å²) in [4.78, 5) is 28.7. The third-order valence-electron chi connectivity index (χ3n) is 6.79. The van der Waals surface area contributed by atoms with E-state index in [4.69, 9.17) is 0 Å². The maximum absolute atomic E-state index is 14.2. The van der Waals surface area contributed by atoms with Gasteiger partial charge in [-0.2, -0.15) is 18.3 Å². The van der Waals surface area contributed by atoms with E-state index in [2.05, 4.69) is 20.7 Å². The maximum Gasteiger partial charge on any atom is 0.421 e. The van der Waals surface area contributed by atoms with Gasteiger partial charge >= 0.3 is 6.18 Å². The first-order valence-corrected chi connectivity index (χ1v) is 11.7. The molecule has 0 unspecified atom stereocenters. The fourth-order valence-electron chi connectivity index (χ4n) is 4.80. The van der Waals surface area contributed by atoms with Crippen molar-refractivity contribution < 1.29 is 22.4 Å². The number of nitrogens with one attached hydrogen (secondary N) is 3. The fourth-order valence-corrected chi connectivity index (χ4v) is 4.80. The molecule has 1 aliphatic rings. The average molecular weight is 558 g/mol. The SMILES string of the molecule is Cl.O=C(NC1(c2ccc(F)cc2)CNC1)c1nn2cc(-c3ccc4ccccc4c3)[nH]c(=O)c2c1C(F)(F)F. The molecule has 3 aromatic carbocycles. The molecule has 0 atom stereocenters. The van der Waals surface area contributed by atoms with Crippen LogP contribution in [0.15, 0.2) is 77.7 Å². The van der Waals surface area contributed by atoms with Crippen molar-refractivity contribution in [2.45, 2.75) is 11.7 Å². The van der Waals surface area contributed by atoms with E-state index in [-0.39, 0.29) is 31.2 Å². The standard InChI is InChI=1S/C27H19F4N5O2.ClH/c28-19-9-7-18(8-10-19)26(13-32-14-26)34-24(37)22-21(27(29,30)31)23-25(38)33-20(12-36(23)35-22)17-6-5-15-3-1-2-4-16(15)11-17;/h1-12,32H,13-14H2,(H,33,38)(H,34,37);1H. The van der Waals surface area contributed by atoms with Crippen LogP contribution in [0.5, 0.6) is 0 Å². The van der Waals surface area contributed by atoms with Crippen molar-refractivity contribution in [3.05, 3.63) is 106 Å². The van der Waals surface area contributed by atoms with Crippen molar-refractivity contribution in [2.75, 3.05) is 13.1 Å². The van der Waals surface area contributed by atoms with Crippen LogP contribution in [0.3, 0.4) is 0 Å². The van der Waals surface area contributed by atoms with E-state index in [1.165, 1.54) is 30.5 Å². The van der Waals surface area contributed by atoms with Gasteiger partial charge in [-0.05, 0) is 34.5 Å². The first-order chi connectivity index (χ1) is 18.1. The first kappa shape index (κ1) is 26.4. The Morgan fingerprint density at radius 3 is 2.33 bits per heavy atom. The van der Waals surface area contributed by atoms with Gasteiger partial charge in [0.2, 0.25) is 0 Å². The number of alkyl halides is 3. The van der Waals surface area contributed by atoms with Gasteiger partial charge in [-0.15, -0.1) is 12.4 Å². The molecule has 3 heterocycles. The van der Waals surface area contributed by atoms with Crippen LogP contribution in [0.1, 0.15) is 21.6 Å². The highest BCUT2D eigenvalue weighted by Gasteiger charge is 2.45. The summed E-state index contributed by atoms with van der Waals surface area (Å²) in [6.45, 7) is 0.456. The summed E-state index contributed by atoms with van der Waals surface area (Å²) in [5, 5.41) is 11.4. The average Bonchev–Trinajstić information content (AvgIpc) is 3.28. The summed E-state index contributed by atoms with van der Waals surface area (Å²) in [5.74, 6) is -1.58. The predicted octanol–water partition coefficient (Wildman–Crippen LogP) is 4.65. The van der Waals surface area contributed by atoms with Crippen molar-refractivity contribution in [2.24, 2.45) is 0 Å². The largest absolute Gasteiger partial charge is 0.421 e. The van der Waals surface area contributed by atoms with E-state index in [0.29, 0.717) is 11.1 Å². The fraction of sp³-hybridized carbons (Fsp3) is 0.148. The van der Waals surface area contributed by atoms with E-state index in [9.17, 15) is 27.2 Å². The van der Waals surface area contributed by atoms with Gasteiger partial charge in [0.05, 0.1) is 17.4 Å². The molecule has 0 radical (unpaired) electrons. The molecule has 0 saturated carbocycles. The minimum absolute atomic E-state index is 0. The number of aromatic amines is 1. The third kappa shape index (κ3) is 4.53. The number of fused-ring (bicyclic) bond motifs is 2. The van der Waals surface area contributed by atoms with Gasteiger partial charge in [0, 0.05) is 18.7 Å². The van der Waals surface area contributed by atoms with Crippen molar-refractivity contribution in [1.29, 1.82) is 0 Å². The maximum atomic E-state index is 14.2. The topological polar surface area (TPSA) is 91.3 Å². The number of carbonyl (C=O) groups is 1. The number of benzene rings is 3. The number of carbonyl (C=O) groups excluding carboxylic acids is 1. The van der Waals surface area contributed by atoms with E-state index in [0.717, 1.165) is 15.3 Å². The first-order valence-electron chi connectivity index (χ1n) is 11.7. The molecule has 1 amide bonds. The lowest BCUT2D eigenvalue weighted by atomic mass is 9.84. The normalized spacial score (nSPS) is 14.6. The predicted molar refractivity (Wildman–Crippen MR) is 139 cm³/mol. The van der Waals surface area contributed by atoms with Gasteiger partial charge in [-0.25, -0.2) is 8.91 Å². The van der Waals surface area contributed by atoms with Crippen LogP contribution in [-0.4, -0.2) is 33.6 Å². The third-order valence-corrected chi connectivity index (χ3v) is 6.79. The summed E-state index contributed by atoms with van der Waals surface area (Å²) in [5.41, 5.74) is -3.89. The zero-order valence-electron chi connectivity index (χ0n) is 20.0. The lowest BCUT2D eigenvalue weighted by Crippen LogP contribution is -2.66. The highest BCUT2D eigenvalue weighted by Crippen LogP contribution is 2.35. The van der Waals surface area contributed by atoms with Crippen LogP contribution < -0.4 is 16.2 Å². The Hall–Kier alpha value is -4.22. The number of aromatic nitrogens is 3. The molecule has 7 nitrogen and oxygen atoms in total. The number of H-pyrrole nitrogens is 1. The van der Waals surface area contributed by atoms with Gasteiger partial charge in [0.25, 0.3) is 11.5 Å². The highest BCUT2D eigenvalue weighted by molar-refractivity contribution is 5.97. The molecule has 0 spiro atoms. The van der Waals surface area contributed by atoms with E-state index in [1.54, 1.807) is 12.1 Å². The molecule has 5 aromatic rings. The molecule has 0 aliphatic carbocycles. The zero-order valence-corrected chi connectivity index (χ0v) is 20.8. The molecule has 2 aromatic heterocycles. The Morgan fingerprint density at radius 1 is 1.00 bits per heavy atom. The monoisotopic (exact) mass is 557 g/mol. The molecule has 0 bridgehead atoms. The van der Waals surface area contributed by atoms with E-state index < -0.39 is 45.8 Å². The van der Waals surface area contributed by atoms with Crippen molar-refractivity contribution in [1.82, 2.24) is 25.2 Å². The summed E-state index contributed by atoms with van der Waals surface area (Å²) in [7, 11) is 0. The minimum atomic E-state index is -5.03. The molecule has 6 rings (SSSR count). The van der Waals surface area contributed by atoms with E-state index in [1.807, 2.05) is 30.3 Å². The quantitative estimate of drug-likeness (QED) is 0.281. The van der Waals surface area contributed by atoms with Crippen LogP contribution >= 0.6 is 12.4 Å². The number of hydrogen-bond acceptors (Lipinski definition) is 4. The number of halogens is 5. The zero-order chi connectivity index (χ0) is 26.7. The van der Waals surface area contributed by atoms with Gasteiger partial charge in [0.1, 0.15) is 16.9 Å². The number of amides is 1. The summed E-state index contributed by atoms with van der Waals surface area (Å²) >= 11 is 0. The molecule has 3 N–H and O–H groups in total. The van der Waals surface area contributed by atoms with Crippen LogP contribution in [0.25, 0.3) is 27.5 Å². The molecule has 1 saturated heterocycles. The summed E-state index contributed by atoms with van der Waals surface area (Å²) in [6, 6.07) is 18.2. The van der Waals surface area contributed by atoms with Gasteiger partial charge in [-0.3, -0.25) is 9.59 Å². The molecular weight excluding hydrogens is 538 g/mol.